The highest BCUT2D eigenvalue weighted by Crippen LogP contribution is 2.43. The second-order valence-electron chi connectivity index (χ2n) is 15.0. The van der Waals surface area contributed by atoms with Crippen LogP contribution in [0.1, 0.15) is 174 Å². The quantitative estimate of drug-likeness (QED) is 0.0222. The number of nitrogens with zero attached hydrogens (tertiary/aromatic N) is 1. The number of ether oxygens (including phenoxy) is 2. The molecule has 1 N–H and O–H groups in total. The average molecular weight is 731 g/mol. The molecular weight excluding hydrogens is 649 g/mol. The van der Waals surface area contributed by atoms with E-state index in [-0.39, 0.29) is 25.8 Å². The maximum atomic E-state index is 12.6. The normalized spacial score (nSPS) is 14.1. The molecule has 0 radical (unpaired) electrons. The maximum absolute atomic E-state index is 12.6. The Hall–Kier alpha value is -1.02. The second-order valence-corrected chi connectivity index (χ2v) is 16.5. The molecule has 0 saturated carbocycles. The van der Waals surface area contributed by atoms with E-state index in [1.54, 1.807) is 0 Å². The number of unbranched alkanes of at least 4 members (excludes halogenated alkanes) is 20. The van der Waals surface area contributed by atoms with Gasteiger partial charge in [0.15, 0.2) is 0 Å². The molecule has 0 amide bonds. The summed E-state index contributed by atoms with van der Waals surface area (Å²) in [6.45, 7) is 5.59. The molecular formula is C41H81NO7P+. The molecule has 296 valence electrons. The summed E-state index contributed by atoms with van der Waals surface area (Å²) in [4.78, 5) is 22.8. The predicted octanol–water partition coefficient (Wildman–Crippen LogP) is 11.7. The molecule has 8 nitrogen and oxygen atoms in total. The zero-order chi connectivity index (χ0) is 37.0. The average Bonchev–Trinajstić information content (AvgIpc) is 3.06. The van der Waals surface area contributed by atoms with E-state index < -0.39 is 13.9 Å². The van der Waals surface area contributed by atoms with Crippen LogP contribution in [0.15, 0.2) is 24.3 Å². The number of hydrogen-bond acceptors (Lipinski definition) is 6. The lowest BCUT2D eigenvalue weighted by molar-refractivity contribution is -0.870. The van der Waals surface area contributed by atoms with Crippen LogP contribution < -0.4 is 0 Å². The highest BCUT2D eigenvalue weighted by molar-refractivity contribution is 7.47. The fraction of sp³-hybridized carbons (Fsp3) is 0.878. The van der Waals surface area contributed by atoms with Crippen LogP contribution in [0.2, 0.25) is 0 Å². The SMILES string of the molecule is CCCCC/C=C\C/C=C\CCCCCCCCCCCC(=O)OC(COCCCCCCCCCCC)COP(=O)(O)OCC[N+](C)(C)C. The van der Waals surface area contributed by atoms with Crippen molar-refractivity contribution in [3.05, 3.63) is 24.3 Å². The summed E-state index contributed by atoms with van der Waals surface area (Å²) in [6.07, 6.45) is 37.7. The molecule has 0 aromatic rings. The molecule has 9 heteroatoms. The number of allylic oxidation sites excluding steroid dienone is 4. The van der Waals surface area contributed by atoms with E-state index >= 15 is 0 Å². The molecule has 0 aliphatic carbocycles. The van der Waals surface area contributed by atoms with Gasteiger partial charge in [-0.25, -0.2) is 4.57 Å². The van der Waals surface area contributed by atoms with Crippen molar-refractivity contribution in [3.63, 3.8) is 0 Å². The Morgan fingerprint density at radius 1 is 0.620 bits per heavy atom. The summed E-state index contributed by atoms with van der Waals surface area (Å²) in [6, 6.07) is 0. The summed E-state index contributed by atoms with van der Waals surface area (Å²) in [7, 11) is 1.67. The first kappa shape index (κ1) is 49.0. The van der Waals surface area contributed by atoms with Gasteiger partial charge in [-0.15, -0.1) is 0 Å². The number of phosphoric ester groups is 1. The first-order chi connectivity index (χ1) is 24.1. The molecule has 0 saturated heterocycles. The summed E-state index contributed by atoms with van der Waals surface area (Å²) < 4.78 is 34.8. The van der Waals surface area contributed by atoms with Crippen LogP contribution in [0, 0.1) is 0 Å². The summed E-state index contributed by atoms with van der Waals surface area (Å²) in [5.41, 5.74) is 0. The van der Waals surface area contributed by atoms with Crippen LogP contribution in [0.3, 0.4) is 0 Å². The van der Waals surface area contributed by atoms with Gasteiger partial charge in [-0.2, -0.15) is 0 Å². The third-order valence-electron chi connectivity index (χ3n) is 8.77. The number of carbonyl (C=O) groups is 1. The van der Waals surface area contributed by atoms with Gasteiger partial charge in [0.05, 0.1) is 34.4 Å². The maximum Gasteiger partial charge on any atom is 0.472 e. The Bertz CT molecular complexity index is 858. The van der Waals surface area contributed by atoms with E-state index in [9.17, 15) is 14.3 Å². The zero-order valence-corrected chi connectivity index (χ0v) is 34.3. The van der Waals surface area contributed by atoms with Gasteiger partial charge < -0.3 is 18.9 Å². The Morgan fingerprint density at radius 3 is 1.66 bits per heavy atom. The zero-order valence-electron chi connectivity index (χ0n) is 33.4. The number of phosphoric acid groups is 1. The molecule has 0 aromatic carbocycles. The molecule has 2 unspecified atom stereocenters. The van der Waals surface area contributed by atoms with E-state index in [0.717, 1.165) is 38.5 Å². The molecule has 50 heavy (non-hydrogen) atoms. The highest BCUT2D eigenvalue weighted by Gasteiger charge is 2.26. The van der Waals surface area contributed by atoms with Gasteiger partial charge in [0, 0.05) is 13.0 Å². The predicted molar refractivity (Wildman–Crippen MR) is 210 cm³/mol. The number of hydrogen-bond donors (Lipinski definition) is 1. The lowest BCUT2D eigenvalue weighted by Crippen LogP contribution is -2.37. The van der Waals surface area contributed by atoms with Crippen LogP contribution in [0.4, 0.5) is 0 Å². The first-order valence-corrected chi connectivity index (χ1v) is 22.1. The van der Waals surface area contributed by atoms with Crippen molar-refractivity contribution in [2.45, 2.75) is 180 Å². The molecule has 0 spiro atoms. The summed E-state index contributed by atoms with van der Waals surface area (Å²) >= 11 is 0. The van der Waals surface area contributed by atoms with Crippen molar-refractivity contribution in [1.29, 1.82) is 0 Å². The standard InChI is InChI=1S/C41H80NO7P/c1-6-8-10-12-14-16-17-18-19-20-21-22-23-24-25-26-28-30-32-34-41(43)49-40(39-48-50(44,45)47-37-35-42(3,4)5)38-46-36-33-31-29-27-15-13-11-9-7-2/h14,16,18-19,40H,6-13,15,17,20-39H2,1-5H3/p+1/b16-14-,19-18-. The number of likely N-dealkylation sites (N-methyl/N-ethyl adjacent to an activating group) is 1. The van der Waals surface area contributed by atoms with Crippen LogP contribution >= 0.6 is 7.82 Å². The molecule has 0 aliphatic heterocycles. The van der Waals surface area contributed by atoms with Crippen molar-refractivity contribution >= 4 is 13.8 Å². The monoisotopic (exact) mass is 731 g/mol. The third kappa shape index (κ3) is 38.2. The fourth-order valence-corrected chi connectivity index (χ4v) is 6.26. The fourth-order valence-electron chi connectivity index (χ4n) is 5.52. The van der Waals surface area contributed by atoms with Crippen molar-refractivity contribution < 1.29 is 37.3 Å². The largest absolute Gasteiger partial charge is 0.472 e. The van der Waals surface area contributed by atoms with Crippen LogP contribution in [0.25, 0.3) is 0 Å². The molecule has 0 fully saturated rings. The van der Waals surface area contributed by atoms with Crippen LogP contribution in [-0.2, 0) is 27.9 Å². The topological polar surface area (TPSA) is 91.3 Å². The molecule has 0 aliphatic rings. The minimum absolute atomic E-state index is 0.0893. The smallest absolute Gasteiger partial charge is 0.457 e. The van der Waals surface area contributed by atoms with Crippen molar-refractivity contribution in [2.75, 3.05) is 54.1 Å². The lowest BCUT2D eigenvalue weighted by Gasteiger charge is -2.24. The van der Waals surface area contributed by atoms with Crippen LogP contribution in [-0.4, -0.2) is 75.6 Å². The van der Waals surface area contributed by atoms with Crippen molar-refractivity contribution in [1.82, 2.24) is 0 Å². The van der Waals surface area contributed by atoms with E-state index in [2.05, 4.69) is 38.2 Å². The molecule has 2 atom stereocenters. The van der Waals surface area contributed by atoms with Gasteiger partial charge >= 0.3 is 13.8 Å². The lowest BCUT2D eigenvalue weighted by atomic mass is 10.1. The summed E-state index contributed by atoms with van der Waals surface area (Å²) in [5, 5.41) is 0. The van der Waals surface area contributed by atoms with Gasteiger partial charge in [0.25, 0.3) is 0 Å². The van der Waals surface area contributed by atoms with E-state index in [1.165, 1.54) is 116 Å². The van der Waals surface area contributed by atoms with Gasteiger partial charge in [-0.1, -0.05) is 147 Å². The van der Waals surface area contributed by atoms with Crippen molar-refractivity contribution in [2.24, 2.45) is 0 Å². The second kappa shape index (κ2) is 35.0. The highest BCUT2D eigenvalue weighted by atomic mass is 31.2. The number of quaternary nitrogens is 1. The van der Waals surface area contributed by atoms with E-state index in [0.29, 0.717) is 24.1 Å². The van der Waals surface area contributed by atoms with E-state index in [1.807, 2.05) is 21.1 Å². The minimum Gasteiger partial charge on any atom is -0.457 e. The summed E-state index contributed by atoms with van der Waals surface area (Å²) in [5.74, 6) is -0.318. The minimum atomic E-state index is -4.26. The van der Waals surface area contributed by atoms with Gasteiger partial charge in [0.2, 0.25) is 0 Å². The molecule has 0 aromatic heterocycles. The Morgan fingerprint density at radius 2 is 1.10 bits per heavy atom. The Kier molecular flexibility index (Phi) is 34.3. The van der Waals surface area contributed by atoms with Crippen LogP contribution in [0.5, 0.6) is 0 Å². The number of carbonyl (C=O) groups excluding carboxylic acids is 1. The molecule has 0 heterocycles. The Balaban J connectivity index is 4.18. The van der Waals surface area contributed by atoms with Gasteiger partial charge in [-0.3, -0.25) is 13.8 Å². The third-order valence-corrected chi connectivity index (χ3v) is 9.75. The molecule has 0 rings (SSSR count). The molecule has 0 bridgehead atoms. The van der Waals surface area contributed by atoms with Gasteiger partial charge in [-0.05, 0) is 44.9 Å². The van der Waals surface area contributed by atoms with Gasteiger partial charge in [0.1, 0.15) is 19.3 Å². The van der Waals surface area contributed by atoms with Crippen molar-refractivity contribution in [3.8, 4) is 0 Å². The number of rotatable bonds is 38. The van der Waals surface area contributed by atoms with E-state index in [4.69, 9.17) is 18.5 Å². The number of esters is 1. The Labute approximate surface area is 309 Å². The first-order valence-electron chi connectivity index (χ1n) is 20.6.